The highest BCUT2D eigenvalue weighted by atomic mass is 32.2. The molecule has 0 bridgehead atoms. The molecule has 18 heavy (non-hydrogen) atoms. The van der Waals surface area contributed by atoms with Crippen molar-refractivity contribution < 1.29 is 13.2 Å². The quantitative estimate of drug-likeness (QED) is 0.832. The number of thiazole rings is 1. The average Bonchev–Trinajstić information content (AvgIpc) is 2.83. The third-order valence-corrected chi connectivity index (χ3v) is 3.90. The van der Waals surface area contributed by atoms with Gasteiger partial charge in [-0.2, -0.15) is 0 Å². The van der Waals surface area contributed by atoms with E-state index >= 15 is 0 Å². The van der Waals surface area contributed by atoms with Crippen molar-refractivity contribution in [2.45, 2.75) is 5.25 Å². The van der Waals surface area contributed by atoms with Gasteiger partial charge in [0.15, 0.2) is 16.0 Å². The predicted molar refractivity (Wildman–Crippen MR) is 70.2 cm³/mol. The number of amides is 1. The van der Waals surface area contributed by atoms with Gasteiger partial charge in [0.2, 0.25) is 5.91 Å². The summed E-state index contributed by atoms with van der Waals surface area (Å²) in [5, 5.41) is 1.88. The van der Waals surface area contributed by atoms with Crippen molar-refractivity contribution in [1.82, 2.24) is 4.98 Å². The van der Waals surface area contributed by atoms with Crippen LogP contribution in [0.15, 0.2) is 42.0 Å². The summed E-state index contributed by atoms with van der Waals surface area (Å²) >= 11 is 1.24. The number of thiol groups is 1. The molecule has 0 aliphatic rings. The molecule has 5 nitrogen and oxygen atoms in total. The number of nitrogens with zero attached hydrogens (tertiary/aromatic N) is 1. The van der Waals surface area contributed by atoms with Crippen molar-refractivity contribution >= 4 is 32.9 Å². The number of hydrogen-bond acceptors (Lipinski definition) is 5. The molecule has 2 rings (SSSR count). The number of carbonyl (C=O) groups excluding carboxylic acids is 1. The summed E-state index contributed by atoms with van der Waals surface area (Å²) in [7, 11) is -2.89. The Bertz CT molecular complexity index is 586. The van der Waals surface area contributed by atoms with E-state index in [0.29, 0.717) is 10.6 Å². The summed E-state index contributed by atoms with van der Waals surface area (Å²) in [6.07, 6.45) is 1.47. The summed E-state index contributed by atoms with van der Waals surface area (Å²) in [5.74, 6) is -0.568. The van der Waals surface area contributed by atoms with E-state index in [9.17, 15) is 13.2 Å². The normalized spacial score (nSPS) is 12.3. The van der Waals surface area contributed by atoms with E-state index in [1.807, 2.05) is 0 Å². The fourth-order valence-electron chi connectivity index (χ4n) is 1.47. The second-order valence-electron chi connectivity index (χ2n) is 3.45. The third kappa shape index (κ3) is 2.93. The number of aromatic nitrogens is 1. The first-order chi connectivity index (χ1) is 8.68. The van der Waals surface area contributed by atoms with E-state index in [2.05, 4.69) is 10.3 Å². The topological polar surface area (TPSA) is 76.1 Å². The van der Waals surface area contributed by atoms with E-state index in [1.165, 1.54) is 17.5 Å². The number of rotatable bonds is 4. The van der Waals surface area contributed by atoms with Crippen molar-refractivity contribution in [3.63, 3.8) is 0 Å². The van der Waals surface area contributed by atoms with Crippen molar-refractivity contribution in [1.29, 1.82) is 0 Å². The monoisotopic (exact) mass is 282 g/mol. The van der Waals surface area contributed by atoms with E-state index in [1.54, 1.807) is 35.8 Å². The van der Waals surface area contributed by atoms with Crippen LogP contribution in [0.2, 0.25) is 0 Å². The summed E-state index contributed by atoms with van der Waals surface area (Å²) in [4.78, 5) is 15.7. The highest BCUT2D eigenvalue weighted by Gasteiger charge is 2.23. The highest BCUT2D eigenvalue weighted by Crippen LogP contribution is 2.20. The van der Waals surface area contributed by atoms with Gasteiger partial charge in [-0.15, -0.1) is 11.3 Å². The first-order valence-electron chi connectivity index (χ1n) is 5.06. The molecule has 2 aromatic rings. The summed E-state index contributed by atoms with van der Waals surface area (Å²) in [5.41, 5.74) is 2.01. The molecule has 1 atom stereocenters. The van der Waals surface area contributed by atoms with Crippen LogP contribution in [0.1, 0.15) is 10.8 Å². The number of nitrogens with one attached hydrogen (secondary N) is 1. The van der Waals surface area contributed by atoms with Crippen LogP contribution in [0.4, 0.5) is 5.00 Å². The fourth-order valence-corrected chi connectivity index (χ4v) is 2.66. The third-order valence-electron chi connectivity index (χ3n) is 2.25. The molecule has 1 aromatic carbocycles. The fraction of sp³-hybridized carbons (Fsp3) is 0.0909. The highest BCUT2D eigenvalue weighted by molar-refractivity contribution is 7.73. The van der Waals surface area contributed by atoms with Gasteiger partial charge < -0.3 is 5.32 Å². The molecular formula is C11H10N2O3S2. The van der Waals surface area contributed by atoms with Gasteiger partial charge >= 0.3 is 0 Å². The number of carbonyl (C=O) groups is 1. The molecule has 0 aliphatic heterocycles. The lowest BCUT2D eigenvalue weighted by molar-refractivity contribution is -0.115. The maximum Gasteiger partial charge on any atom is 0.247 e. The van der Waals surface area contributed by atoms with Gasteiger partial charge in [-0.3, -0.25) is 9.78 Å². The van der Waals surface area contributed by atoms with Gasteiger partial charge in [-0.05, 0) is 5.56 Å². The summed E-state index contributed by atoms with van der Waals surface area (Å²) in [6, 6.07) is 8.38. The largest absolute Gasteiger partial charge is 0.315 e. The minimum atomic E-state index is -2.89. The average molecular weight is 282 g/mol. The Kier molecular flexibility index (Phi) is 4.06. The van der Waals surface area contributed by atoms with Crippen LogP contribution in [0.3, 0.4) is 0 Å². The zero-order valence-corrected chi connectivity index (χ0v) is 10.9. The molecular weight excluding hydrogens is 272 g/mol. The molecule has 0 fully saturated rings. The minimum Gasteiger partial charge on any atom is -0.315 e. The van der Waals surface area contributed by atoms with E-state index in [-0.39, 0.29) is 0 Å². The van der Waals surface area contributed by atoms with Crippen LogP contribution in [-0.4, -0.2) is 19.3 Å². The minimum absolute atomic E-state index is 0.454. The SMILES string of the molecule is O=C(Nc1cncs1)C(c1ccccc1)[SH](=O)=O. The van der Waals surface area contributed by atoms with Gasteiger partial charge in [0.05, 0.1) is 11.7 Å². The van der Waals surface area contributed by atoms with Gasteiger partial charge in [0, 0.05) is 0 Å². The number of hydrogen-bond donors (Lipinski definition) is 2. The molecule has 1 amide bonds. The lowest BCUT2D eigenvalue weighted by Gasteiger charge is -2.10. The maximum atomic E-state index is 11.9. The first-order valence-corrected chi connectivity index (χ1v) is 7.19. The predicted octanol–water partition coefficient (Wildman–Crippen LogP) is 1.43. The van der Waals surface area contributed by atoms with Crippen LogP contribution in [0.5, 0.6) is 0 Å². The number of benzene rings is 1. The zero-order valence-electron chi connectivity index (χ0n) is 9.15. The van der Waals surface area contributed by atoms with Crippen LogP contribution in [0, 0.1) is 0 Å². The number of anilines is 1. The standard InChI is InChI=1S/C11H10N2O3S2/c14-11(13-9-6-12-7-17-9)10(18(15)16)8-4-2-1-3-5-8/h1-7,10,18H,(H,13,14). The molecule has 0 saturated carbocycles. The molecule has 7 heteroatoms. The van der Waals surface area contributed by atoms with Crippen molar-refractivity contribution in [2.24, 2.45) is 0 Å². The van der Waals surface area contributed by atoms with Gasteiger partial charge in [0.1, 0.15) is 5.00 Å². The van der Waals surface area contributed by atoms with Gasteiger partial charge in [-0.25, -0.2) is 8.42 Å². The van der Waals surface area contributed by atoms with Crippen LogP contribution in [0.25, 0.3) is 0 Å². The molecule has 0 radical (unpaired) electrons. The molecule has 1 N–H and O–H groups in total. The van der Waals surface area contributed by atoms with Crippen LogP contribution >= 0.6 is 11.3 Å². The Morgan fingerprint density at radius 2 is 2.00 bits per heavy atom. The summed E-state index contributed by atoms with van der Waals surface area (Å²) < 4.78 is 22.5. The van der Waals surface area contributed by atoms with Crippen LogP contribution < -0.4 is 5.32 Å². The molecule has 0 spiro atoms. The van der Waals surface area contributed by atoms with Crippen molar-refractivity contribution in [2.75, 3.05) is 5.32 Å². The van der Waals surface area contributed by atoms with Gasteiger partial charge in [0.25, 0.3) is 0 Å². The van der Waals surface area contributed by atoms with Crippen LogP contribution in [-0.2, 0) is 15.5 Å². The van der Waals surface area contributed by atoms with Gasteiger partial charge in [-0.1, -0.05) is 30.3 Å². The lowest BCUT2D eigenvalue weighted by Crippen LogP contribution is -2.21. The van der Waals surface area contributed by atoms with Crippen molar-refractivity contribution in [3.8, 4) is 0 Å². The second kappa shape index (κ2) is 5.74. The first kappa shape index (κ1) is 12.7. The van der Waals surface area contributed by atoms with E-state index < -0.39 is 21.9 Å². The molecule has 0 aliphatic carbocycles. The molecule has 94 valence electrons. The zero-order chi connectivity index (χ0) is 13.0. The van der Waals surface area contributed by atoms with E-state index in [4.69, 9.17) is 0 Å². The lowest BCUT2D eigenvalue weighted by atomic mass is 10.1. The Morgan fingerprint density at radius 3 is 2.56 bits per heavy atom. The smallest absolute Gasteiger partial charge is 0.247 e. The molecule has 0 saturated heterocycles. The Hall–Kier alpha value is -1.73. The Balaban J connectivity index is 2.24. The van der Waals surface area contributed by atoms with Crippen molar-refractivity contribution in [3.05, 3.63) is 47.6 Å². The Labute approximate surface area is 109 Å². The molecule has 1 aromatic heterocycles. The Morgan fingerprint density at radius 1 is 1.28 bits per heavy atom. The molecule has 1 heterocycles. The molecule has 1 unspecified atom stereocenters. The second-order valence-corrected chi connectivity index (χ2v) is 5.43. The maximum absolute atomic E-state index is 11.9. The summed E-state index contributed by atoms with van der Waals surface area (Å²) in [6.45, 7) is 0. The van der Waals surface area contributed by atoms with E-state index in [0.717, 1.165) is 0 Å².